The Hall–Kier alpha value is -1.52. The van der Waals surface area contributed by atoms with Crippen molar-refractivity contribution in [1.82, 2.24) is 15.3 Å². The van der Waals surface area contributed by atoms with Gasteiger partial charge >= 0.3 is 0 Å². The highest BCUT2D eigenvalue weighted by Gasteiger charge is 2.13. The molecule has 0 aliphatic rings. The number of nitrogens with one attached hydrogen (secondary N) is 2. The van der Waals surface area contributed by atoms with E-state index in [9.17, 15) is 0 Å². The summed E-state index contributed by atoms with van der Waals surface area (Å²) in [6.07, 6.45) is 1.67. The Kier molecular flexibility index (Phi) is 3.66. The maximum Gasteiger partial charge on any atom is 0.128 e. The van der Waals surface area contributed by atoms with Gasteiger partial charge in [0.05, 0.1) is 24.8 Å². The van der Waals surface area contributed by atoms with E-state index in [1.807, 2.05) is 19.2 Å². The monoisotopic (exact) mass is 251 g/mol. The zero-order chi connectivity index (χ0) is 12.3. The van der Waals surface area contributed by atoms with Crippen molar-refractivity contribution in [3.63, 3.8) is 0 Å². The lowest BCUT2D eigenvalue weighted by Crippen LogP contribution is -2.06. The molecule has 0 aliphatic heterocycles. The number of aromatic amines is 1. The summed E-state index contributed by atoms with van der Waals surface area (Å²) in [5.41, 5.74) is 2.76. The molecular weight excluding hydrogens is 238 g/mol. The summed E-state index contributed by atoms with van der Waals surface area (Å²) >= 11 is 6.01. The van der Waals surface area contributed by atoms with Crippen LogP contribution in [0, 0.1) is 0 Å². The minimum Gasteiger partial charge on any atom is -0.496 e. The van der Waals surface area contributed by atoms with Gasteiger partial charge in [-0.25, -0.2) is 4.98 Å². The molecule has 2 rings (SSSR count). The van der Waals surface area contributed by atoms with Crippen LogP contribution in [0.25, 0.3) is 11.3 Å². The van der Waals surface area contributed by atoms with Crippen molar-refractivity contribution in [3.05, 3.63) is 35.2 Å². The molecule has 0 aliphatic carbocycles. The van der Waals surface area contributed by atoms with Gasteiger partial charge in [-0.15, -0.1) is 0 Å². The van der Waals surface area contributed by atoms with Gasteiger partial charge < -0.3 is 15.0 Å². The van der Waals surface area contributed by atoms with E-state index < -0.39 is 0 Å². The maximum atomic E-state index is 6.01. The molecular formula is C12H14ClN3O. The SMILES string of the molecule is CNCc1[nH]cnc1-c1cc(Cl)ccc1OC. The van der Waals surface area contributed by atoms with Crippen molar-refractivity contribution in [3.8, 4) is 17.0 Å². The molecule has 1 aromatic carbocycles. The average molecular weight is 252 g/mol. The number of nitrogens with zero attached hydrogens (tertiary/aromatic N) is 1. The van der Waals surface area contributed by atoms with Gasteiger partial charge in [-0.1, -0.05) is 11.6 Å². The number of methoxy groups -OCH3 is 1. The summed E-state index contributed by atoms with van der Waals surface area (Å²) in [7, 11) is 3.52. The van der Waals surface area contributed by atoms with Crippen molar-refractivity contribution in [2.45, 2.75) is 6.54 Å². The van der Waals surface area contributed by atoms with Crippen LogP contribution in [-0.4, -0.2) is 24.1 Å². The van der Waals surface area contributed by atoms with Crippen LogP contribution in [0.5, 0.6) is 5.75 Å². The Bertz CT molecular complexity index is 510. The lowest BCUT2D eigenvalue weighted by atomic mass is 10.1. The normalized spacial score (nSPS) is 10.5. The zero-order valence-electron chi connectivity index (χ0n) is 9.75. The number of H-pyrrole nitrogens is 1. The van der Waals surface area contributed by atoms with Gasteiger partial charge in [0, 0.05) is 17.1 Å². The fraction of sp³-hybridized carbons (Fsp3) is 0.250. The van der Waals surface area contributed by atoms with Gasteiger partial charge in [0.1, 0.15) is 5.75 Å². The molecule has 0 bridgehead atoms. The van der Waals surface area contributed by atoms with Crippen molar-refractivity contribution in [2.75, 3.05) is 14.2 Å². The fourth-order valence-electron chi connectivity index (χ4n) is 1.73. The lowest BCUT2D eigenvalue weighted by Gasteiger charge is -2.08. The van der Waals surface area contributed by atoms with E-state index in [1.54, 1.807) is 19.5 Å². The first-order chi connectivity index (χ1) is 8.26. The molecule has 0 saturated carbocycles. The standard InChI is InChI=1S/C12H14ClN3O/c1-14-6-10-12(16-7-15-10)9-5-8(13)3-4-11(9)17-2/h3-5,7,14H,6H2,1-2H3,(H,15,16). The van der Waals surface area contributed by atoms with Gasteiger partial charge in [-0.2, -0.15) is 0 Å². The Morgan fingerprint density at radius 3 is 3.00 bits per heavy atom. The Morgan fingerprint density at radius 2 is 2.29 bits per heavy atom. The highest BCUT2D eigenvalue weighted by atomic mass is 35.5. The van der Waals surface area contributed by atoms with E-state index in [-0.39, 0.29) is 0 Å². The molecule has 0 atom stereocenters. The Balaban J connectivity index is 2.51. The first-order valence-electron chi connectivity index (χ1n) is 5.27. The number of aromatic nitrogens is 2. The van der Waals surface area contributed by atoms with Gasteiger partial charge in [0.15, 0.2) is 0 Å². The Morgan fingerprint density at radius 1 is 1.47 bits per heavy atom. The molecule has 2 N–H and O–H groups in total. The highest BCUT2D eigenvalue weighted by molar-refractivity contribution is 6.31. The second-order valence-electron chi connectivity index (χ2n) is 3.60. The third-order valence-corrected chi connectivity index (χ3v) is 2.72. The lowest BCUT2D eigenvalue weighted by molar-refractivity contribution is 0.416. The minimum absolute atomic E-state index is 0.666. The van der Waals surface area contributed by atoms with Crippen LogP contribution in [0.3, 0.4) is 0 Å². The molecule has 0 saturated heterocycles. The summed E-state index contributed by atoms with van der Waals surface area (Å²) in [5.74, 6) is 0.763. The summed E-state index contributed by atoms with van der Waals surface area (Å²) in [5, 5.41) is 3.75. The fourth-order valence-corrected chi connectivity index (χ4v) is 1.90. The van der Waals surface area contributed by atoms with Gasteiger partial charge in [0.25, 0.3) is 0 Å². The number of ether oxygens (including phenoxy) is 1. The van der Waals surface area contributed by atoms with Crippen molar-refractivity contribution < 1.29 is 4.74 Å². The van der Waals surface area contributed by atoms with Crippen molar-refractivity contribution >= 4 is 11.6 Å². The molecule has 0 spiro atoms. The van der Waals surface area contributed by atoms with E-state index in [0.717, 1.165) is 22.7 Å². The predicted molar refractivity (Wildman–Crippen MR) is 68.3 cm³/mol. The quantitative estimate of drug-likeness (QED) is 0.878. The summed E-state index contributed by atoms with van der Waals surface area (Å²) in [6, 6.07) is 5.50. The maximum absolute atomic E-state index is 6.01. The molecule has 17 heavy (non-hydrogen) atoms. The number of imidazole rings is 1. The smallest absolute Gasteiger partial charge is 0.128 e. The highest BCUT2D eigenvalue weighted by Crippen LogP contribution is 2.32. The average Bonchev–Trinajstić information content (AvgIpc) is 2.77. The molecule has 1 heterocycles. The molecule has 0 amide bonds. The van der Waals surface area contributed by atoms with Crippen LogP contribution in [0.2, 0.25) is 5.02 Å². The van der Waals surface area contributed by atoms with Gasteiger partial charge in [-0.3, -0.25) is 0 Å². The van der Waals surface area contributed by atoms with Crippen molar-refractivity contribution in [2.24, 2.45) is 0 Å². The topological polar surface area (TPSA) is 49.9 Å². The number of benzene rings is 1. The molecule has 90 valence electrons. The summed E-state index contributed by atoms with van der Waals surface area (Å²) in [6.45, 7) is 0.713. The molecule has 0 fully saturated rings. The van der Waals surface area contributed by atoms with Gasteiger partial charge in [-0.05, 0) is 25.2 Å². The minimum atomic E-state index is 0.666. The van der Waals surface area contributed by atoms with Crippen LogP contribution in [0.15, 0.2) is 24.5 Å². The molecule has 5 heteroatoms. The third-order valence-electron chi connectivity index (χ3n) is 2.49. The van der Waals surface area contributed by atoms with Crippen LogP contribution < -0.4 is 10.1 Å². The summed E-state index contributed by atoms with van der Waals surface area (Å²) < 4.78 is 5.32. The molecule has 0 radical (unpaired) electrons. The number of hydrogen-bond acceptors (Lipinski definition) is 3. The van der Waals surface area contributed by atoms with Gasteiger partial charge in [0.2, 0.25) is 0 Å². The van der Waals surface area contributed by atoms with Crippen LogP contribution in [-0.2, 0) is 6.54 Å². The number of halogens is 1. The zero-order valence-corrected chi connectivity index (χ0v) is 10.5. The van der Waals surface area contributed by atoms with Crippen molar-refractivity contribution in [1.29, 1.82) is 0 Å². The predicted octanol–water partition coefficient (Wildman–Crippen LogP) is 2.46. The van der Waals surface area contributed by atoms with Crippen LogP contribution >= 0.6 is 11.6 Å². The van der Waals surface area contributed by atoms with E-state index in [2.05, 4.69) is 15.3 Å². The third kappa shape index (κ3) is 2.43. The first kappa shape index (κ1) is 12.0. The molecule has 4 nitrogen and oxygen atoms in total. The van der Waals surface area contributed by atoms with E-state index in [4.69, 9.17) is 16.3 Å². The Labute approximate surface area is 105 Å². The van der Waals surface area contributed by atoms with Crippen LogP contribution in [0.1, 0.15) is 5.69 Å². The number of hydrogen-bond donors (Lipinski definition) is 2. The van der Waals surface area contributed by atoms with E-state index in [1.165, 1.54) is 0 Å². The van der Waals surface area contributed by atoms with E-state index in [0.29, 0.717) is 11.6 Å². The van der Waals surface area contributed by atoms with Crippen LogP contribution in [0.4, 0.5) is 0 Å². The largest absolute Gasteiger partial charge is 0.496 e. The van der Waals surface area contributed by atoms with E-state index >= 15 is 0 Å². The molecule has 0 unspecified atom stereocenters. The first-order valence-corrected chi connectivity index (χ1v) is 5.64. The second kappa shape index (κ2) is 5.21. The molecule has 2 aromatic rings. The summed E-state index contributed by atoms with van der Waals surface area (Å²) in [4.78, 5) is 7.42. The number of rotatable bonds is 4. The molecule has 1 aromatic heterocycles. The second-order valence-corrected chi connectivity index (χ2v) is 4.04.